The van der Waals surface area contributed by atoms with Gasteiger partial charge < -0.3 is 9.79 Å². The Morgan fingerprint density at radius 1 is 1.18 bits per heavy atom. The number of rotatable bonds is 1. The SMILES string of the molecule is O=P(O)(O)S(=O)(=O)C(F)(F)F. The summed E-state index contributed by atoms with van der Waals surface area (Å²) in [6.45, 7) is -6.14. The van der Waals surface area contributed by atoms with Crippen LogP contribution in [0.4, 0.5) is 13.2 Å². The Morgan fingerprint density at radius 3 is 1.45 bits per heavy atom. The van der Waals surface area contributed by atoms with E-state index in [1.807, 2.05) is 0 Å². The number of hydrogen-bond donors (Lipinski definition) is 2. The standard InChI is InChI=1S/CH2F3O5PS/c2-1(3,4)11(8,9)10(5,6)7/h(H2,5,6,7). The highest BCUT2D eigenvalue weighted by Crippen LogP contribution is 2.51. The van der Waals surface area contributed by atoms with Gasteiger partial charge in [-0.1, -0.05) is 0 Å². The van der Waals surface area contributed by atoms with Gasteiger partial charge in [0.1, 0.15) is 0 Å². The van der Waals surface area contributed by atoms with Crippen molar-refractivity contribution in [2.45, 2.75) is 5.51 Å². The van der Waals surface area contributed by atoms with Gasteiger partial charge in [0, 0.05) is 0 Å². The Hall–Kier alpha value is -0.110. The zero-order chi connectivity index (χ0) is 9.50. The van der Waals surface area contributed by atoms with Crippen molar-refractivity contribution in [3.63, 3.8) is 0 Å². The molecule has 0 amide bonds. The van der Waals surface area contributed by atoms with Crippen molar-refractivity contribution in [1.82, 2.24) is 0 Å². The van der Waals surface area contributed by atoms with Gasteiger partial charge in [0.2, 0.25) is 0 Å². The summed E-state index contributed by atoms with van der Waals surface area (Å²) in [7, 11) is -6.35. The Balaban J connectivity index is 5.29. The first-order valence-electron chi connectivity index (χ1n) is 1.87. The molecule has 0 rings (SSSR count). The van der Waals surface area contributed by atoms with Crippen LogP contribution in [-0.4, -0.2) is 23.7 Å². The lowest BCUT2D eigenvalue weighted by atomic mass is 11.6. The molecule has 0 aliphatic heterocycles. The number of hydrogen-bond acceptors (Lipinski definition) is 3. The molecule has 0 aliphatic rings. The van der Waals surface area contributed by atoms with E-state index in [1.54, 1.807) is 0 Å². The fourth-order valence-corrected chi connectivity index (χ4v) is 1.21. The average molecular weight is 214 g/mol. The minimum absolute atomic E-state index is 5.91. The fourth-order valence-electron chi connectivity index (χ4n) is 0.135. The molecule has 10 heteroatoms. The molecular formula is CH2F3O5PS. The van der Waals surface area contributed by atoms with Crippen LogP contribution in [0, 0.1) is 0 Å². The summed E-state index contributed by atoms with van der Waals surface area (Å²) in [6, 6.07) is 0. The quantitative estimate of drug-likeness (QED) is 0.600. The Kier molecular flexibility index (Phi) is 2.42. The molecule has 2 N–H and O–H groups in total. The van der Waals surface area contributed by atoms with Crippen molar-refractivity contribution in [3.05, 3.63) is 0 Å². The van der Waals surface area contributed by atoms with Gasteiger partial charge in [-0.25, -0.2) is 13.0 Å². The van der Waals surface area contributed by atoms with Gasteiger partial charge in [-0.15, -0.1) is 0 Å². The van der Waals surface area contributed by atoms with E-state index in [-0.39, 0.29) is 0 Å². The van der Waals surface area contributed by atoms with Crippen LogP contribution < -0.4 is 0 Å². The third-order valence-corrected chi connectivity index (χ3v) is 4.32. The summed E-state index contributed by atoms with van der Waals surface area (Å²) in [6.07, 6.45) is 0. The smallest absolute Gasteiger partial charge is 0.313 e. The lowest BCUT2D eigenvalue weighted by molar-refractivity contribution is -0.0418. The van der Waals surface area contributed by atoms with Gasteiger partial charge in [-0.2, -0.15) is 13.2 Å². The van der Waals surface area contributed by atoms with E-state index in [1.165, 1.54) is 0 Å². The predicted molar refractivity (Wildman–Crippen MR) is 27.0 cm³/mol. The van der Waals surface area contributed by atoms with Crippen molar-refractivity contribution in [3.8, 4) is 0 Å². The lowest BCUT2D eigenvalue weighted by Crippen LogP contribution is -2.22. The molecule has 0 unspecified atom stereocenters. The van der Waals surface area contributed by atoms with Crippen molar-refractivity contribution in [2.75, 3.05) is 0 Å². The maximum atomic E-state index is 11.2. The highest BCUT2D eigenvalue weighted by Gasteiger charge is 2.57. The van der Waals surface area contributed by atoms with Crippen LogP contribution in [0.1, 0.15) is 0 Å². The Morgan fingerprint density at radius 2 is 1.45 bits per heavy atom. The van der Waals surface area contributed by atoms with Crippen molar-refractivity contribution in [1.29, 1.82) is 0 Å². The maximum Gasteiger partial charge on any atom is 0.508 e. The van der Waals surface area contributed by atoms with E-state index in [9.17, 15) is 26.2 Å². The second kappa shape index (κ2) is 2.44. The first-order valence-corrected chi connectivity index (χ1v) is 5.57. The molecule has 0 bridgehead atoms. The summed E-state index contributed by atoms with van der Waals surface area (Å²) < 4.78 is 63.0. The second-order valence-corrected chi connectivity index (χ2v) is 6.67. The summed E-state index contributed by atoms with van der Waals surface area (Å²) in [5.74, 6) is 0. The average Bonchev–Trinajstić information content (AvgIpc) is 1.58. The Labute approximate surface area is 58.7 Å². The molecule has 5 nitrogen and oxygen atoms in total. The highest BCUT2D eigenvalue weighted by molar-refractivity contribution is 8.49. The Bertz CT molecular complexity index is 281. The highest BCUT2D eigenvalue weighted by atomic mass is 32.8. The third-order valence-electron chi connectivity index (χ3n) is 0.606. The molecule has 0 spiro atoms. The molecule has 0 saturated heterocycles. The summed E-state index contributed by atoms with van der Waals surface area (Å²) in [5, 5.41) is 0. The van der Waals surface area contributed by atoms with E-state index in [0.29, 0.717) is 0 Å². The summed E-state index contributed by atoms with van der Waals surface area (Å²) in [4.78, 5) is 15.4. The minimum Gasteiger partial charge on any atom is -0.313 e. The van der Waals surface area contributed by atoms with Crippen LogP contribution in [-0.2, 0) is 14.0 Å². The molecule has 0 aromatic heterocycles. The molecule has 0 radical (unpaired) electrons. The molecule has 0 aromatic carbocycles. The molecule has 11 heavy (non-hydrogen) atoms. The lowest BCUT2D eigenvalue weighted by Gasteiger charge is -2.07. The number of halogens is 3. The molecule has 0 saturated carbocycles. The van der Waals surface area contributed by atoms with Crippen LogP contribution in [0.2, 0.25) is 0 Å². The summed E-state index contributed by atoms with van der Waals surface area (Å²) >= 11 is 0. The zero-order valence-corrected chi connectivity index (χ0v) is 6.32. The first-order chi connectivity index (χ1) is 4.50. The van der Waals surface area contributed by atoms with Gasteiger partial charge in [-0.05, 0) is 0 Å². The van der Waals surface area contributed by atoms with Gasteiger partial charge in [0.25, 0.3) is 0 Å². The van der Waals surface area contributed by atoms with Crippen LogP contribution >= 0.6 is 6.80 Å². The molecule has 0 aromatic rings. The largest absolute Gasteiger partial charge is 0.508 e. The number of alkyl halides is 3. The summed E-state index contributed by atoms with van der Waals surface area (Å²) in [5.41, 5.74) is -5.91. The van der Waals surface area contributed by atoms with E-state index >= 15 is 0 Å². The van der Waals surface area contributed by atoms with Crippen LogP contribution in [0.5, 0.6) is 0 Å². The first kappa shape index (κ1) is 10.9. The molecular weight excluding hydrogens is 212 g/mol. The predicted octanol–water partition coefficient (Wildman–Crippen LogP) is 0.0137. The molecule has 0 heterocycles. The van der Waals surface area contributed by atoms with Crippen molar-refractivity contribution in [2.24, 2.45) is 0 Å². The van der Waals surface area contributed by atoms with Crippen molar-refractivity contribution >= 4 is 16.3 Å². The van der Waals surface area contributed by atoms with E-state index < -0.39 is 21.8 Å². The second-order valence-electron chi connectivity index (χ2n) is 1.41. The van der Waals surface area contributed by atoms with Gasteiger partial charge in [0.15, 0.2) is 0 Å². The fraction of sp³-hybridized carbons (Fsp3) is 1.00. The van der Waals surface area contributed by atoms with Gasteiger partial charge in [-0.3, -0.25) is 0 Å². The minimum atomic E-state index is -6.35. The van der Waals surface area contributed by atoms with Gasteiger partial charge in [0.05, 0.1) is 0 Å². The molecule has 0 fully saturated rings. The molecule has 0 aliphatic carbocycles. The van der Waals surface area contributed by atoms with Crippen LogP contribution in [0.25, 0.3) is 0 Å². The third kappa shape index (κ3) is 1.92. The van der Waals surface area contributed by atoms with Crippen LogP contribution in [0.3, 0.4) is 0 Å². The van der Waals surface area contributed by atoms with Gasteiger partial charge >= 0.3 is 21.8 Å². The van der Waals surface area contributed by atoms with E-state index in [0.717, 1.165) is 0 Å². The monoisotopic (exact) mass is 214 g/mol. The van der Waals surface area contributed by atoms with Crippen LogP contribution in [0.15, 0.2) is 0 Å². The normalized spacial score (nSPS) is 15.0. The van der Waals surface area contributed by atoms with E-state index in [2.05, 4.69) is 0 Å². The zero-order valence-electron chi connectivity index (χ0n) is 4.61. The topological polar surface area (TPSA) is 91.7 Å². The molecule has 68 valence electrons. The van der Waals surface area contributed by atoms with E-state index in [4.69, 9.17) is 9.79 Å². The van der Waals surface area contributed by atoms with Crippen molar-refractivity contribution < 1.29 is 35.9 Å². The molecule has 0 atom stereocenters. The maximum absolute atomic E-state index is 11.2.